The van der Waals surface area contributed by atoms with E-state index in [4.69, 9.17) is 0 Å². The predicted octanol–water partition coefficient (Wildman–Crippen LogP) is 7.74. The summed E-state index contributed by atoms with van der Waals surface area (Å²) in [5.74, 6) is 0.539. The molecular formula is C27H28N2S. The molecular weight excluding hydrogens is 384 g/mol. The van der Waals surface area contributed by atoms with Crippen molar-refractivity contribution in [3.63, 3.8) is 0 Å². The quantitative estimate of drug-likeness (QED) is 0.342. The van der Waals surface area contributed by atoms with Crippen LogP contribution in [0.2, 0.25) is 0 Å². The third kappa shape index (κ3) is 2.83. The van der Waals surface area contributed by atoms with Crippen molar-refractivity contribution in [2.75, 3.05) is 0 Å². The summed E-state index contributed by atoms with van der Waals surface area (Å²) in [6.07, 6.45) is 2.17. The van der Waals surface area contributed by atoms with E-state index in [9.17, 15) is 0 Å². The molecule has 2 nitrogen and oxygen atoms in total. The lowest BCUT2D eigenvalue weighted by atomic mass is 9.80. The summed E-state index contributed by atoms with van der Waals surface area (Å²) < 4.78 is 9.28. The van der Waals surface area contributed by atoms with E-state index in [0.717, 1.165) is 23.9 Å². The molecule has 152 valence electrons. The Labute approximate surface area is 183 Å². The molecule has 0 saturated carbocycles. The lowest BCUT2D eigenvalue weighted by Gasteiger charge is -2.23. The van der Waals surface area contributed by atoms with Crippen molar-refractivity contribution in [2.24, 2.45) is 0 Å². The second kappa shape index (κ2) is 7.02. The fraction of sp³-hybridized carbons (Fsp3) is 0.333. The summed E-state index contributed by atoms with van der Waals surface area (Å²) in [4.78, 5) is 0. The minimum absolute atomic E-state index is 0.00678. The van der Waals surface area contributed by atoms with Crippen LogP contribution >= 0.6 is 11.7 Å². The zero-order valence-corrected chi connectivity index (χ0v) is 19.2. The summed E-state index contributed by atoms with van der Waals surface area (Å²) in [5, 5.41) is 0. The summed E-state index contributed by atoms with van der Waals surface area (Å²) in [7, 11) is 0. The van der Waals surface area contributed by atoms with Gasteiger partial charge < -0.3 is 0 Å². The first-order valence-electron chi connectivity index (χ1n) is 11.0. The molecule has 3 heteroatoms. The van der Waals surface area contributed by atoms with Gasteiger partial charge in [-0.3, -0.25) is 0 Å². The second-order valence-electron chi connectivity index (χ2n) is 9.33. The van der Waals surface area contributed by atoms with Crippen LogP contribution in [0.15, 0.2) is 48.5 Å². The molecule has 0 spiro atoms. The summed E-state index contributed by atoms with van der Waals surface area (Å²) >= 11 is 1.32. The van der Waals surface area contributed by atoms with Crippen LogP contribution in [0.5, 0.6) is 0 Å². The molecule has 0 amide bonds. The smallest absolute Gasteiger partial charge is 0.112 e. The molecule has 1 aromatic heterocycles. The van der Waals surface area contributed by atoms with E-state index < -0.39 is 0 Å². The maximum Gasteiger partial charge on any atom is 0.112 e. The van der Waals surface area contributed by atoms with E-state index >= 15 is 0 Å². The largest absolute Gasteiger partial charge is 0.173 e. The van der Waals surface area contributed by atoms with Crippen LogP contribution in [0.3, 0.4) is 0 Å². The molecule has 0 aliphatic heterocycles. The van der Waals surface area contributed by atoms with E-state index in [-0.39, 0.29) is 5.41 Å². The molecule has 0 saturated heterocycles. The molecule has 0 N–H and O–H groups in total. The summed E-state index contributed by atoms with van der Waals surface area (Å²) in [6, 6.07) is 18.5. The third-order valence-corrected chi connectivity index (χ3v) is 7.22. The van der Waals surface area contributed by atoms with Gasteiger partial charge in [0.15, 0.2) is 0 Å². The van der Waals surface area contributed by atoms with Gasteiger partial charge in [-0.25, -0.2) is 0 Å². The van der Waals surface area contributed by atoms with Crippen LogP contribution in [-0.4, -0.2) is 8.75 Å². The van der Waals surface area contributed by atoms with Gasteiger partial charge in [0.1, 0.15) is 11.0 Å². The second-order valence-corrected chi connectivity index (χ2v) is 9.86. The normalized spacial score (nSPS) is 14.3. The molecule has 3 aromatic carbocycles. The predicted molar refractivity (Wildman–Crippen MR) is 128 cm³/mol. The Hall–Kier alpha value is -2.52. The van der Waals surface area contributed by atoms with Gasteiger partial charge in [0.05, 0.1) is 11.7 Å². The van der Waals surface area contributed by atoms with Gasteiger partial charge in [-0.15, -0.1) is 0 Å². The Bertz CT molecular complexity index is 1260. The van der Waals surface area contributed by atoms with Gasteiger partial charge in [0, 0.05) is 11.0 Å². The zero-order chi connectivity index (χ0) is 21.0. The number of rotatable bonds is 4. The fourth-order valence-electron chi connectivity index (χ4n) is 4.90. The van der Waals surface area contributed by atoms with Gasteiger partial charge in [0.2, 0.25) is 0 Å². The third-order valence-electron chi connectivity index (χ3n) is 6.70. The Morgan fingerprint density at radius 1 is 0.833 bits per heavy atom. The highest BCUT2D eigenvalue weighted by Gasteiger charge is 2.36. The van der Waals surface area contributed by atoms with Gasteiger partial charge in [-0.1, -0.05) is 83.5 Å². The van der Waals surface area contributed by atoms with Crippen molar-refractivity contribution in [3.8, 4) is 22.3 Å². The van der Waals surface area contributed by atoms with Gasteiger partial charge in [-0.05, 0) is 57.3 Å². The van der Waals surface area contributed by atoms with Crippen molar-refractivity contribution >= 4 is 22.8 Å². The Kier molecular flexibility index (Phi) is 4.55. The molecule has 30 heavy (non-hydrogen) atoms. The maximum absolute atomic E-state index is 4.67. The van der Waals surface area contributed by atoms with Crippen LogP contribution in [-0.2, 0) is 11.8 Å². The summed E-state index contributed by atoms with van der Waals surface area (Å²) in [5.41, 5.74) is 12.9. The molecule has 1 aliphatic rings. The fourth-order valence-corrected chi connectivity index (χ4v) is 5.50. The summed E-state index contributed by atoms with van der Waals surface area (Å²) in [6.45, 7) is 11.5. The highest BCUT2D eigenvalue weighted by molar-refractivity contribution is 7.00. The van der Waals surface area contributed by atoms with Crippen LogP contribution in [0.4, 0.5) is 0 Å². The topological polar surface area (TPSA) is 25.8 Å². The van der Waals surface area contributed by atoms with Crippen LogP contribution < -0.4 is 0 Å². The number of fused-ring (bicyclic) bond motifs is 4. The first-order valence-corrected chi connectivity index (χ1v) is 11.7. The highest BCUT2D eigenvalue weighted by atomic mass is 32.1. The molecule has 4 aromatic rings. The molecule has 0 radical (unpaired) electrons. The van der Waals surface area contributed by atoms with Crippen LogP contribution in [0.1, 0.15) is 69.2 Å². The van der Waals surface area contributed by atoms with Crippen molar-refractivity contribution in [1.82, 2.24) is 8.75 Å². The number of aromatic nitrogens is 2. The Morgan fingerprint density at radius 3 is 2.23 bits per heavy atom. The van der Waals surface area contributed by atoms with Crippen molar-refractivity contribution < 1.29 is 0 Å². The number of nitrogens with zero attached hydrogens (tertiary/aromatic N) is 2. The van der Waals surface area contributed by atoms with E-state index in [0.29, 0.717) is 5.92 Å². The van der Waals surface area contributed by atoms with E-state index in [1.54, 1.807) is 0 Å². The number of hydrogen-bond donors (Lipinski definition) is 0. The zero-order valence-electron chi connectivity index (χ0n) is 18.4. The lowest BCUT2D eigenvalue weighted by Crippen LogP contribution is -2.15. The van der Waals surface area contributed by atoms with Crippen molar-refractivity contribution in [1.29, 1.82) is 0 Å². The van der Waals surface area contributed by atoms with Gasteiger partial charge in [-0.2, -0.15) is 8.75 Å². The van der Waals surface area contributed by atoms with Gasteiger partial charge in [0.25, 0.3) is 0 Å². The molecule has 1 aliphatic carbocycles. The highest BCUT2D eigenvalue weighted by Crippen LogP contribution is 2.50. The standard InChI is InChI=1S/C27H28N2S/c1-6-7-17-8-11-20(26-25(17)28-30-29-26)19-10-13-22-21-12-9-18(16(2)3)14-23(21)27(4,5)24(22)15-19/h8-16H,6-7H2,1-5H3. The van der Waals surface area contributed by atoms with E-state index in [1.165, 1.54) is 56.2 Å². The average molecular weight is 413 g/mol. The molecule has 5 rings (SSSR count). The molecule has 0 fully saturated rings. The van der Waals surface area contributed by atoms with Crippen molar-refractivity contribution in [2.45, 2.75) is 58.8 Å². The Morgan fingerprint density at radius 2 is 1.50 bits per heavy atom. The lowest BCUT2D eigenvalue weighted by molar-refractivity contribution is 0.658. The molecule has 0 unspecified atom stereocenters. The molecule has 1 heterocycles. The monoisotopic (exact) mass is 412 g/mol. The van der Waals surface area contributed by atoms with Crippen LogP contribution in [0, 0.1) is 0 Å². The number of aryl methyl sites for hydroxylation is 1. The molecule has 0 bridgehead atoms. The van der Waals surface area contributed by atoms with E-state index in [2.05, 4.69) is 91.9 Å². The van der Waals surface area contributed by atoms with Crippen LogP contribution in [0.25, 0.3) is 33.3 Å². The number of hydrogen-bond acceptors (Lipinski definition) is 3. The first-order chi connectivity index (χ1) is 14.4. The minimum atomic E-state index is -0.00678. The minimum Gasteiger partial charge on any atom is -0.173 e. The SMILES string of the molecule is CCCc1ccc(-c2ccc3c(c2)C(C)(C)c2cc(C(C)C)ccc2-3)c2nsnc12. The first kappa shape index (κ1) is 19.4. The maximum atomic E-state index is 4.67. The average Bonchev–Trinajstić information content (AvgIpc) is 3.31. The van der Waals surface area contributed by atoms with E-state index in [1.807, 2.05) is 0 Å². The van der Waals surface area contributed by atoms with Crippen molar-refractivity contribution in [3.05, 3.63) is 70.8 Å². The Balaban J connectivity index is 1.66. The number of benzene rings is 3. The molecule has 0 atom stereocenters. The van der Waals surface area contributed by atoms with Gasteiger partial charge >= 0.3 is 0 Å².